The van der Waals surface area contributed by atoms with Crippen LogP contribution in [-0.2, 0) is 11.3 Å². The van der Waals surface area contributed by atoms with Crippen molar-refractivity contribution in [3.05, 3.63) is 64.1 Å². The molecule has 3 nitrogen and oxygen atoms in total. The van der Waals surface area contributed by atoms with Gasteiger partial charge in [-0.1, -0.05) is 46.3 Å². The number of hydrogen-bond acceptors (Lipinski definition) is 2. The van der Waals surface area contributed by atoms with E-state index in [2.05, 4.69) is 15.9 Å². The maximum absolute atomic E-state index is 12.3. The lowest BCUT2D eigenvalue weighted by molar-refractivity contribution is -0.119. The van der Waals surface area contributed by atoms with Crippen molar-refractivity contribution in [1.82, 2.24) is 0 Å². The van der Waals surface area contributed by atoms with Crippen LogP contribution in [0.4, 0.5) is 5.69 Å². The van der Waals surface area contributed by atoms with Crippen molar-refractivity contribution in [2.45, 2.75) is 12.6 Å². The average Bonchev–Trinajstić information content (AvgIpc) is 2.65. The van der Waals surface area contributed by atoms with E-state index < -0.39 is 6.04 Å². The third-order valence-corrected chi connectivity index (χ3v) is 3.82. The lowest BCUT2D eigenvalue weighted by Gasteiger charge is -2.17. The van der Waals surface area contributed by atoms with Crippen molar-refractivity contribution in [3.8, 4) is 0 Å². The van der Waals surface area contributed by atoms with Crippen molar-refractivity contribution in [2.75, 3.05) is 4.90 Å². The van der Waals surface area contributed by atoms with E-state index in [1.807, 2.05) is 48.5 Å². The number of nitrogens with zero attached hydrogens (tertiary/aromatic N) is 1. The van der Waals surface area contributed by atoms with Gasteiger partial charge in [0.05, 0.1) is 6.54 Å². The molecule has 0 bridgehead atoms. The van der Waals surface area contributed by atoms with Crippen LogP contribution in [-0.4, -0.2) is 5.91 Å². The first-order chi connectivity index (χ1) is 9.16. The van der Waals surface area contributed by atoms with Crippen molar-refractivity contribution >= 4 is 27.5 Å². The third-order valence-electron chi connectivity index (χ3n) is 3.33. The van der Waals surface area contributed by atoms with Gasteiger partial charge in [0.1, 0.15) is 6.04 Å². The van der Waals surface area contributed by atoms with Crippen molar-refractivity contribution in [1.29, 1.82) is 0 Å². The van der Waals surface area contributed by atoms with E-state index in [1.54, 1.807) is 4.90 Å². The Morgan fingerprint density at radius 2 is 1.89 bits per heavy atom. The Morgan fingerprint density at radius 1 is 1.16 bits per heavy atom. The molecule has 1 aliphatic rings. The number of halogens is 1. The normalized spacial score (nSPS) is 17.7. The first-order valence-electron chi connectivity index (χ1n) is 6.07. The molecule has 1 amide bonds. The summed E-state index contributed by atoms with van der Waals surface area (Å²) in [5, 5.41) is 0. The highest BCUT2D eigenvalue weighted by atomic mass is 79.9. The Kier molecular flexibility index (Phi) is 3.12. The fraction of sp³-hybridized carbons (Fsp3) is 0.133. The van der Waals surface area contributed by atoms with Crippen LogP contribution in [0.2, 0.25) is 0 Å². The van der Waals surface area contributed by atoms with Gasteiger partial charge in [-0.25, -0.2) is 0 Å². The summed E-state index contributed by atoms with van der Waals surface area (Å²) in [4.78, 5) is 14.0. The molecule has 0 aromatic heterocycles. The van der Waals surface area contributed by atoms with Gasteiger partial charge in [-0.2, -0.15) is 0 Å². The zero-order valence-electron chi connectivity index (χ0n) is 10.2. The summed E-state index contributed by atoms with van der Waals surface area (Å²) in [5.41, 5.74) is 8.88. The summed E-state index contributed by atoms with van der Waals surface area (Å²) in [5.74, 6) is -0.0445. The molecule has 3 rings (SSSR count). The van der Waals surface area contributed by atoms with E-state index in [0.717, 1.165) is 21.3 Å². The Balaban J connectivity index is 1.98. The van der Waals surface area contributed by atoms with Gasteiger partial charge in [0, 0.05) is 15.7 Å². The van der Waals surface area contributed by atoms with Crippen LogP contribution in [0, 0.1) is 0 Å². The van der Waals surface area contributed by atoms with Crippen LogP contribution >= 0.6 is 15.9 Å². The number of hydrogen-bond donors (Lipinski definition) is 1. The van der Waals surface area contributed by atoms with E-state index in [9.17, 15) is 4.79 Å². The van der Waals surface area contributed by atoms with Crippen LogP contribution < -0.4 is 10.6 Å². The van der Waals surface area contributed by atoms with Gasteiger partial charge in [-0.15, -0.1) is 0 Å². The molecule has 0 saturated carbocycles. The van der Waals surface area contributed by atoms with E-state index in [4.69, 9.17) is 5.73 Å². The van der Waals surface area contributed by atoms with Gasteiger partial charge in [0.25, 0.3) is 0 Å². The Bertz CT molecular complexity index is 627. The fourth-order valence-corrected chi connectivity index (χ4v) is 2.75. The smallest absolute Gasteiger partial charge is 0.248 e. The van der Waals surface area contributed by atoms with Crippen LogP contribution in [0.25, 0.3) is 0 Å². The van der Waals surface area contributed by atoms with E-state index in [-0.39, 0.29) is 5.91 Å². The number of carbonyl (C=O) groups excluding carboxylic acids is 1. The number of benzene rings is 2. The maximum atomic E-state index is 12.3. The highest BCUT2D eigenvalue weighted by molar-refractivity contribution is 9.10. The molecule has 4 heteroatoms. The molecule has 0 aliphatic carbocycles. The molecule has 0 fully saturated rings. The molecule has 2 aromatic carbocycles. The Labute approximate surface area is 120 Å². The molecule has 1 heterocycles. The summed E-state index contributed by atoms with van der Waals surface area (Å²) < 4.78 is 0.941. The summed E-state index contributed by atoms with van der Waals surface area (Å²) in [6, 6.07) is 15.2. The van der Waals surface area contributed by atoms with Crippen LogP contribution in [0.15, 0.2) is 53.0 Å². The Hall–Kier alpha value is -1.65. The molecule has 0 unspecified atom stereocenters. The van der Waals surface area contributed by atoms with Gasteiger partial charge in [0.2, 0.25) is 5.91 Å². The largest absolute Gasteiger partial charge is 0.316 e. The van der Waals surface area contributed by atoms with Gasteiger partial charge in [-0.3, -0.25) is 4.79 Å². The average molecular weight is 317 g/mol. The van der Waals surface area contributed by atoms with E-state index >= 15 is 0 Å². The quantitative estimate of drug-likeness (QED) is 0.925. The number of rotatable bonds is 2. The second-order valence-corrected chi connectivity index (χ2v) is 5.51. The number of anilines is 1. The van der Waals surface area contributed by atoms with Gasteiger partial charge in [0.15, 0.2) is 0 Å². The third kappa shape index (κ3) is 2.17. The minimum Gasteiger partial charge on any atom is -0.316 e. The van der Waals surface area contributed by atoms with Crippen LogP contribution in [0.5, 0.6) is 0 Å². The van der Waals surface area contributed by atoms with Gasteiger partial charge < -0.3 is 10.6 Å². The summed E-state index contributed by atoms with van der Waals surface area (Å²) in [7, 11) is 0. The summed E-state index contributed by atoms with van der Waals surface area (Å²) >= 11 is 3.41. The van der Waals surface area contributed by atoms with Crippen molar-refractivity contribution < 1.29 is 4.79 Å². The molecule has 96 valence electrons. The highest BCUT2D eigenvalue weighted by Gasteiger charge is 2.34. The zero-order valence-corrected chi connectivity index (χ0v) is 11.8. The molecule has 0 radical (unpaired) electrons. The van der Waals surface area contributed by atoms with E-state index in [1.165, 1.54) is 0 Å². The molecule has 1 atom stereocenters. The molecule has 2 N–H and O–H groups in total. The molecule has 0 spiro atoms. The molecule has 1 aliphatic heterocycles. The first kappa shape index (κ1) is 12.4. The van der Waals surface area contributed by atoms with E-state index in [0.29, 0.717) is 6.54 Å². The minimum atomic E-state index is -0.559. The predicted octanol–water partition coefficient (Wildman–Crippen LogP) is 3.00. The molecular weight excluding hydrogens is 304 g/mol. The van der Waals surface area contributed by atoms with Crippen LogP contribution in [0.3, 0.4) is 0 Å². The molecule has 2 aromatic rings. The minimum absolute atomic E-state index is 0.0445. The van der Waals surface area contributed by atoms with Gasteiger partial charge in [-0.05, 0) is 23.8 Å². The standard InChI is InChI=1S/C15H13BrN2O/c16-11-6-7-13-12(8-11)14(17)15(19)18(13)9-10-4-2-1-3-5-10/h1-8,14H,9,17H2/t14-/m1/s1. The van der Waals surface area contributed by atoms with Crippen molar-refractivity contribution in [2.24, 2.45) is 5.73 Å². The first-order valence-corrected chi connectivity index (χ1v) is 6.86. The lowest BCUT2D eigenvalue weighted by atomic mass is 10.1. The summed E-state index contributed by atoms with van der Waals surface area (Å²) in [6.07, 6.45) is 0. The zero-order chi connectivity index (χ0) is 13.4. The monoisotopic (exact) mass is 316 g/mol. The molecular formula is C15H13BrN2O. The lowest BCUT2D eigenvalue weighted by Crippen LogP contribution is -2.31. The fourth-order valence-electron chi connectivity index (χ4n) is 2.37. The second kappa shape index (κ2) is 4.79. The molecule has 0 saturated heterocycles. The number of amides is 1. The second-order valence-electron chi connectivity index (χ2n) is 4.59. The Morgan fingerprint density at radius 3 is 2.63 bits per heavy atom. The number of carbonyl (C=O) groups is 1. The maximum Gasteiger partial charge on any atom is 0.248 e. The van der Waals surface area contributed by atoms with Crippen molar-refractivity contribution in [3.63, 3.8) is 0 Å². The molecule has 19 heavy (non-hydrogen) atoms. The number of nitrogens with two attached hydrogens (primary N) is 1. The number of fused-ring (bicyclic) bond motifs is 1. The van der Waals surface area contributed by atoms with Crippen LogP contribution in [0.1, 0.15) is 17.2 Å². The predicted molar refractivity (Wildman–Crippen MR) is 78.7 cm³/mol. The highest BCUT2D eigenvalue weighted by Crippen LogP contribution is 2.37. The summed E-state index contributed by atoms with van der Waals surface area (Å²) in [6.45, 7) is 0.558. The SMILES string of the molecule is N[C@H]1C(=O)N(Cc2ccccc2)c2ccc(Br)cc21. The topological polar surface area (TPSA) is 46.3 Å². The van der Waals surface area contributed by atoms with Gasteiger partial charge >= 0.3 is 0 Å².